The Hall–Kier alpha value is -3.44. The molecule has 12 heteroatoms. The number of hydrogen-bond acceptors (Lipinski definition) is 7. The number of halogens is 3. The number of rotatable bonds is 2. The highest BCUT2D eigenvalue weighted by atomic mass is 19.4. The molecular formula is C13H9F3N8O. The van der Waals surface area contributed by atoms with Crippen LogP contribution in [0.4, 0.5) is 19.0 Å². The summed E-state index contributed by atoms with van der Waals surface area (Å²) in [4.78, 5) is 3.92. The standard InChI is InChI=1S/C13H9F3N8O/c1-23-3-2-8(19-23)24-11(17)9(10(20-24)13(14,15)16)6-4-7-12(18-5-6)22-25-21-7/h2-5H,17H2,1H3. The summed E-state index contributed by atoms with van der Waals surface area (Å²) in [5, 5.41) is 14.7. The smallest absolute Gasteiger partial charge is 0.383 e. The first-order valence-electron chi connectivity index (χ1n) is 6.89. The van der Waals surface area contributed by atoms with Gasteiger partial charge in [-0.1, -0.05) is 0 Å². The number of nitrogen functional groups attached to an aromatic ring is 1. The summed E-state index contributed by atoms with van der Waals surface area (Å²) in [7, 11) is 1.63. The molecule has 4 aromatic heterocycles. The first-order valence-corrected chi connectivity index (χ1v) is 6.89. The van der Waals surface area contributed by atoms with Crippen molar-refractivity contribution in [2.24, 2.45) is 7.05 Å². The Morgan fingerprint density at radius 2 is 2.00 bits per heavy atom. The predicted molar refractivity (Wildman–Crippen MR) is 78.3 cm³/mol. The van der Waals surface area contributed by atoms with Gasteiger partial charge < -0.3 is 5.73 Å². The fourth-order valence-electron chi connectivity index (χ4n) is 2.43. The normalized spacial score (nSPS) is 12.2. The molecule has 0 amide bonds. The van der Waals surface area contributed by atoms with Crippen molar-refractivity contribution in [2.75, 3.05) is 5.73 Å². The van der Waals surface area contributed by atoms with Crippen LogP contribution in [0.15, 0.2) is 29.2 Å². The number of nitrogens with zero attached hydrogens (tertiary/aromatic N) is 7. The van der Waals surface area contributed by atoms with Crippen molar-refractivity contribution in [3.63, 3.8) is 0 Å². The maximum Gasteiger partial charge on any atom is 0.435 e. The lowest BCUT2D eigenvalue weighted by Crippen LogP contribution is -2.09. The van der Waals surface area contributed by atoms with Gasteiger partial charge in [-0.25, -0.2) is 9.61 Å². The lowest BCUT2D eigenvalue weighted by Gasteiger charge is -2.06. The van der Waals surface area contributed by atoms with Gasteiger partial charge in [0, 0.05) is 31.1 Å². The second kappa shape index (κ2) is 5.03. The minimum Gasteiger partial charge on any atom is -0.383 e. The summed E-state index contributed by atoms with van der Waals surface area (Å²) >= 11 is 0. The van der Waals surface area contributed by atoms with E-state index in [0.717, 1.165) is 4.68 Å². The van der Waals surface area contributed by atoms with Crippen LogP contribution in [0.5, 0.6) is 0 Å². The lowest BCUT2D eigenvalue weighted by atomic mass is 10.1. The van der Waals surface area contributed by atoms with Crippen molar-refractivity contribution in [1.82, 2.24) is 34.9 Å². The van der Waals surface area contributed by atoms with Crippen molar-refractivity contribution in [2.45, 2.75) is 6.18 Å². The SMILES string of the molecule is Cn1ccc(-n2nc(C(F)(F)F)c(-c3cnc4nonc4c3)c2N)n1. The predicted octanol–water partition coefficient (Wildman–Crippen LogP) is 1.80. The van der Waals surface area contributed by atoms with Gasteiger partial charge >= 0.3 is 6.18 Å². The number of pyridine rings is 1. The van der Waals surface area contributed by atoms with Crippen molar-refractivity contribution in [1.29, 1.82) is 0 Å². The van der Waals surface area contributed by atoms with E-state index in [2.05, 4.69) is 30.1 Å². The molecule has 0 aliphatic carbocycles. The Morgan fingerprint density at radius 1 is 1.20 bits per heavy atom. The van der Waals surface area contributed by atoms with E-state index in [-0.39, 0.29) is 33.9 Å². The molecule has 0 aromatic carbocycles. The molecule has 0 bridgehead atoms. The first-order chi connectivity index (χ1) is 11.8. The number of nitrogens with two attached hydrogens (primary N) is 1. The quantitative estimate of drug-likeness (QED) is 0.586. The molecule has 4 rings (SSSR count). The van der Waals surface area contributed by atoms with Gasteiger partial charge in [-0.3, -0.25) is 4.68 Å². The van der Waals surface area contributed by atoms with Crippen LogP contribution in [0.25, 0.3) is 28.1 Å². The van der Waals surface area contributed by atoms with Crippen LogP contribution in [0.1, 0.15) is 5.69 Å². The third-order valence-corrected chi connectivity index (χ3v) is 3.51. The molecular weight excluding hydrogens is 341 g/mol. The molecule has 0 aliphatic heterocycles. The number of alkyl halides is 3. The Labute approximate surface area is 136 Å². The molecule has 0 unspecified atom stereocenters. The molecule has 4 aromatic rings. The van der Waals surface area contributed by atoms with Gasteiger partial charge in [-0.05, 0) is 16.4 Å². The topological polar surface area (TPSA) is 113 Å². The third-order valence-electron chi connectivity index (χ3n) is 3.51. The zero-order valence-corrected chi connectivity index (χ0v) is 12.6. The largest absolute Gasteiger partial charge is 0.435 e. The van der Waals surface area contributed by atoms with E-state index in [4.69, 9.17) is 5.73 Å². The highest BCUT2D eigenvalue weighted by molar-refractivity contribution is 5.83. The van der Waals surface area contributed by atoms with Crippen molar-refractivity contribution >= 4 is 17.0 Å². The first kappa shape index (κ1) is 15.1. The van der Waals surface area contributed by atoms with Crippen LogP contribution < -0.4 is 5.73 Å². The fraction of sp³-hybridized carbons (Fsp3) is 0.154. The molecule has 25 heavy (non-hydrogen) atoms. The monoisotopic (exact) mass is 350 g/mol. The van der Waals surface area contributed by atoms with Gasteiger partial charge in [0.05, 0.1) is 5.56 Å². The Bertz CT molecular complexity index is 1080. The van der Waals surface area contributed by atoms with Gasteiger partial charge in [0.1, 0.15) is 5.82 Å². The summed E-state index contributed by atoms with van der Waals surface area (Å²) in [5.41, 5.74) is 4.97. The number of hydrogen-bond donors (Lipinski definition) is 1. The van der Waals surface area contributed by atoms with Gasteiger partial charge in [0.2, 0.25) is 5.65 Å². The van der Waals surface area contributed by atoms with E-state index in [1.54, 1.807) is 13.2 Å². The Morgan fingerprint density at radius 3 is 2.68 bits per heavy atom. The zero-order chi connectivity index (χ0) is 17.8. The molecule has 4 heterocycles. The maximum atomic E-state index is 13.5. The number of fused-ring (bicyclic) bond motifs is 1. The zero-order valence-electron chi connectivity index (χ0n) is 12.6. The number of aromatic nitrogens is 7. The second-order valence-electron chi connectivity index (χ2n) is 5.20. The van der Waals surface area contributed by atoms with Crippen LogP contribution in [0.3, 0.4) is 0 Å². The minimum atomic E-state index is -4.72. The molecule has 0 atom stereocenters. The lowest BCUT2D eigenvalue weighted by molar-refractivity contribution is -0.140. The van der Waals surface area contributed by atoms with Gasteiger partial charge in [-0.2, -0.15) is 28.1 Å². The third kappa shape index (κ3) is 2.38. The van der Waals surface area contributed by atoms with Crippen molar-refractivity contribution in [3.8, 4) is 16.9 Å². The van der Waals surface area contributed by atoms with Crippen LogP contribution in [-0.4, -0.2) is 34.9 Å². The Balaban J connectivity index is 1.97. The molecule has 0 saturated heterocycles. The minimum absolute atomic E-state index is 0.0928. The van der Waals surface area contributed by atoms with Crippen LogP contribution in [0, 0.1) is 0 Å². The van der Waals surface area contributed by atoms with Crippen molar-refractivity contribution < 1.29 is 17.8 Å². The van der Waals surface area contributed by atoms with Crippen LogP contribution in [0.2, 0.25) is 0 Å². The summed E-state index contributed by atoms with van der Waals surface area (Å²) in [5.74, 6) is -0.0579. The highest BCUT2D eigenvalue weighted by Gasteiger charge is 2.40. The molecule has 0 fully saturated rings. The molecule has 9 nitrogen and oxygen atoms in total. The number of aryl methyl sites for hydroxylation is 1. The van der Waals surface area contributed by atoms with E-state index in [1.807, 2.05) is 0 Å². The maximum absolute atomic E-state index is 13.5. The molecule has 0 aliphatic rings. The molecule has 128 valence electrons. The van der Waals surface area contributed by atoms with E-state index in [1.165, 1.54) is 23.0 Å². The fourth-order valence-corrected chi connectivity index (χ4v) is 2.43. The molecule has 0 saturated carbocycles. The Kier molecular flexibility index (Phi) is 3.04. The van der Waals surface area contributed by atoms with Crippen LogP contribution >= 0.6 is 0 Å². The summed E-state index contributed by atoms with van der Waals surface area (Å²) < 4.78 is 47.3. The average molecular weight is 350 g/mol. The second-order valence-corrected chi connectivity index (χ2v) is 5.20. The summed E-state index contributed by atoms with van der Waals surface area (Å²) in [6.45, 7) is 0. The van der Waals surface area contributed by atoms with Gasteiger partial charge in [-0.15, -0.1) is 0 Å². The highest BCUT2D eigenvalue weighted by Crippen LogP contribution is 2.40. The van der Waals surface area contributed by atoms with Crippen molar-refractivity contribution in [3.05, 3.63) is 30.2 Å². The van der Waals surface area contributed by atoms with Gasteiger partial charge in [0.25, 0.3) is 0 Å². The van der Waals surface area contributed by atoms with E-state index < -0.39 is 11.9 Å². The average Bonchev–Trinajstić information content (AvgIpc) is 3.23. The van der Waals surface area contributed by atoms with E-state index in [9.17, 15) is 13.2 Å². The molecule has 0 radical (unpaired) electrons. The summed E-state index contributed by atoms with van der Waals surface area (Å²) in [6, 6.07) is 2.85. The van der Waals surface area contributed by atoms with Gasteiger partial charge in [0.15, 0.2) is 17.0 Å². The molecule has 2 N–H and O–H groups in total. The van der Waals surface area contributed by atoms with E-state index >= 15 is 0 Å². The summed E-state index contributed by atoms with van der Waals surface area (Å²) in [6.07, 6.45) is -1.95. The number of anilines is 1. The molecule has 0 spiro atoms. The van der Waals surface area contributed by atoms with Crippen LogP contribution in [-0.2, 0) is 13.2 Å². The van der Waals surface area contributed by atoms with E-state index in [0.29, 0.717) is 0 Å².